The number of hydrogen-bond donors (Lipinski definition) is 3. The number of anilines is 1. The minimum absolute atomic E-state index is 0.0301. The van der Waals surface area contributed by atoms with Gasteiger partial charge in [-0.2, -0.15) is 0 Å². The summed E-state index contributed by atoms with van der Waals surface area (Å²) >= 11 is 5.83. The third kappa shape index (κ3) is 5.41. The SMILES string of the molecule is CS(=O)(=O)CCCNC(=O)c1cnc(NN)c(Cl)c1. The highest BCUT2D eigenvalue weighted by molar-refractivity contribution is 7.90. The Labute approximate surface area is 116 Å². The van der Waals surface area contributed by atoms with E-state index < -0.39 is 9.84 Å². The largest absolute Gasteiger partial charge is 0.352 e. The topological polar surface area (TPSA) is 114 Å². The molecule has 0 aliphatic heterocycles. The molecule has 0 spiro atoms. The molecule has 1 aromatic rings. The van der Waals surface area contributed by atoms with Crippen LogP contribution in [-0.4, -0.2) is 37.9 Å². The fraction of sp³-hybridized carbons (Fsp3) is 0.400. The van der Waals surface area contributed by atoms with Crippen LogP contribution in [0.3, 0.4) is 0 Å². The molecule has 0 aliphatic rings. The van der Waals surface area contributed by atoms with Crippen molar-refractivity contribution >= 4 is 33.2 Å². The number of carbonyl (C=O) groups is 1. The second-order valence-corrected chi connectivity index (χ2v) is 6.61. The Balaban J connectivity index is 2.52. The van der Waals surface area contributed by atoms with Crippen molar-refractivity contribution in [2.75, 3.05) is 24.0 Å². The maximum Gasteiger partial charge on any atom is 0.252 e. The molecular formula is C10H15ClN4O3S. The van der Waals surface area contributed by atoms with E-state index >= 15 is 0 Å². The van der Waals surface area contributed by atoms with Gasteiger partial charge in [-0.3, -0.25) is 4.79 Å². The van der Waals surface area contributed by atoms with Crippen molar-refractivity contribution in [3.63, 3.8) is 0 Å². The first-order chi connectivity index (χ1) is 8.83. The lowest BCUT2D eigenvalue weighted by atomic mass is 10.2. The lowest BCUT2D eigenvalue weighted by Crippen LogP contribution is -2.26. The van der Waals surface area contributed by atoms with E-state index in [4.69, 9.17) is 17.4 Å². The van der Waals surface area contributed by atoms with Gasteiger partial charge in [0, 0.05) is 19.0 Å². The molecule has 0 fully saturated rings. The Morgan fingerprint density at radius 2 is 2.21 bits per heavy atom. The van der Waals surface area contributed by atoms with E-state index in [2.05, 4.69) is 15.7 Å². The Morgan fingerprint density at radius 1 is 1.53 bits per heavy atom. The number of nitrogens with one attached hydrogen (secondary N) is 2. The van der Waals surface area contributed by atoms with Gasteiger partial charge in [-0.15, -0.1) is 0 Å². The smallest absolute Gasteiger partial charge is 0.252 e. The number of hydrazine groups is 1. The van der Waals surface area contributed by atoms with Crippen LogP contribution in [0.15, 0.2) is 12.3 Å². The molecule has 0 saturated heterocycles. The molecule has 0 saturated carbocycles. The number of nitrogens with zero attached hydrogens (tertiary/aromatic N) is 1. The number of sulfone groups is 1. The number of pyridine rings is 1. The number of nitrogen functional groups attached to an aromatic ring is 1. The van der Waals surface area contributed by atoms with Gasteiger partial charge in [-0.1, -0.05) is 11.6 Å². The molecule has 4 N–H and O–H groups in total. The van der Waals surface area contributed by atoms with E-state index in [1.807, 2.05) is 0 Å². The summed E-state index contributed by atoms with van der Waals surface area (Å²) in [7, 11) is -3.01. The molecule has 0 aromatic carbocycles. The van der Waals surface area contributed by atoms with Crippen LogP contribution >= 0.6 is 11.6 Å². The van der Waals surface area contributed by atoms with Crippen LogP contribution in [0.2, 0.25) is 5.02 Å². The van der Waals surface area contributed by atoms with Crippen LogP contribution in [-0.2, 0) is 9.84 Å². The van der Waals surface area contributed by atoms with Gasteiger partial charge in [0.05, 0.1) is 16.3 Å². The van der Waals surface area contributed by atoms with Crippen molar-refractivity contribution < 1.29 is 13.2 Å². The first kappa shape index (κ1) is 15.7. The van der Waals surface area contributed by atoms with E-state index in [1.165, 1.54) is 12.3 Å². The second-order valence-electron chi connectivity index (χ2n) is 3.94. The minimum atomic E-state index is -3.01. The normalized spacial score (nSPS) is 11.1. The van der Waals surface area contributed by atoms with Gasteiger partial charge in [0.15, 0.2) is 5.82 Å². The summed E-state index contributed by atoms with van der Waals surface area (Å²) in [5, 5.41) is 2.81. The van der Waals surface area contributed by atoms with Crippen LogP contribution in [0.4, 0.5) is 5.82 Å². The Morgan fingerprint density at radius 3 is 2.74 bits per heavy atom. The summed E-state index contributed by atoms with van der Waals surface area (Å²) in [5.41, 5.74) is 2.57. The van der Waals surface area contributed by atoms with E-state index in [9.17, 15) is 13.2 Å². The number of halogens is 1. The maximum atomic E-state index is 11.7. The van der Waals surface area contributed by atoms with E-state index in [0.29, 0.717) is 6.42 Å². The molecule has 1 amide bonds. The highest BCUT2D eigenvalue weighted by Gasteiger charge is 2.09. The van der Waals surface area contributed by atoms with Gasteiger partial charge < -0.3 is 10.7 Å². The summed E-state index contributed by atoms with van der Waals surface area (Å²) in [6, 6.07) is 1.43. The standard InChI is InChI=1S/C10H15ClN4O3S/c1-19(17,18)4-2-3-13-10(16)7-5-8(11)9(15-12)14-6-7/h5-6H,2-4,12H2,1H3,(H,13,16)(H,14,15). The van der Waals surface area contributed by atoms with Gasteiger partial charge in [-0.05, 0) is 12.5 Å². The number of aromatic nitrogens is 1. The molecule has 0 bridgehead atoms. The Hall–Kier alpha value is -1.38. The van der Waals surface area contributed by atoms with Crippen molar-refractivity contribution in [1.82, 2.24) is 10.3 Å². The zero-order valence-corrected chi connectivity index (χ0v) is 11.9. The van der Waals surface area contributed by atoms with Crippen molar-refractivity contribution in [2.45, 2.75) is 6.42 Å². The lowest BCUT2D eigenvalue weighted by Gasteiger charge is -2.06. The molecule has 1 rings (SSSR count). The first-order valence-electron chi connectivity index (χ1n) is 5.41. The predicted octanol–water partition coefficient (Wildman–Crippen LogP) is 0.185. The maximum absolute atomic E-state index is 11.7. The van der Waals surface area contributed by atoms with Crippen molar-refractivity contribution in [3.8, 4) is 0 Å². The second kappa shape index (κ2) is 6.69. The van der Waals surface area contributed by atoms with Gasteiger partial charge in [0.1, 0.15) is 9.84 Å². The summed E-state index contributed by atoms with van der Waals surface area (Å²) in [5.74, 6) is 5.10. The molecule has 9 heteroatoms. The number of carbonyl (C=O) groups excluding carboxylic acids is 1. The van der Waals surface area contributed by atoms with E-state index in [-0.39, 0.29) is 34.6 Å². The number of hydrogen-bond acceptors (Lipinski definition) is 6. The molecule has 19 heavy (non-hydrogen) atoms. The minimum Gasteiger partial charge on any atom is -0.352 e. The molecule has 0 aliphatic carbocycles. The summed E-state index contributed by atoms with van der Waals surface area (Å²) in [4.78, 5) is 15.6. The van der Waals surface area contributed by atoms with E-state index in [1.54, 1.807) is 0 Å². The van der Waals surface area contributed by atoms with Gasteiger partial charge in [-0.25, -0.2) is 19.2 Å². The van der Waals surface area contributed by atoms with Crippen LogP contribution < -0.4 is 16.6 Å². The van der Waals surface area contributed by atoms with Crippen molar-refractivity contribution in [2.24, 2.45) is 5.84 Å². The molecule has 1 heterocycles. The van der Waals surface area contributed by atoms with Crippen LogP contribution in [0.25, 0.3) is 0 Å². The quantitative estimate of drug-likeness (QED) is 0.392. The summed E-state index contributed by atoms with van der Waals surface area (Å²) in [6.45, 7) is 0.264. The fourth-order valence-corrected chi connectivity index (χ4v) is 2.20. The van der Waals surface area contributed by atoms with Gasteiger partial charge in [0.2, 0.25) is 0 Å². The highest BCUT2D eigenvalue weighted by atomic mass is 35.5. The molecule has 0 unspecified atom stereocenters. The fourth-order valence-electron chi connectivity index (χ4n) is 1.31. The zero-order chi connectivity index (χ0) is 14.5. The third-order valence-electron chi connectivity index (χ3n) is 2.22. The highest BCUT2D eigenvalue weighted by Crippen LogP contribution is 2.18. The zero-order valence-electron chi connectivity index (χ0n) is 10.3. The molecule has 0 radical (unpaired) electrons. The first-order valence-corrected chi connectivity index (χ1v) is 7.85. The Kier molecular flexibility index (Phi) is 5.52. The van der Waals surface area contributed by atoms with Gasteiger partial charge >= 0.3 is 0 Å². The van der Waals surface area contributed by atoms with Crippen LogP contribution in [0.1, 0.15) is 16.8 Å². The van der Waals surface area contributed by atoms with E-state index in [0.717, 1.165) is 6.26 Å². The number of rotatable bonds is 6. The van der Waals surface area contributed by atoms with Crippen LogP contribution in [0, 0.1) is 0 Å². The molecular weight excluding hydrogens is 292 g/mol. The number of nitrogens with two attached hydrogens (primary N) is 1. The monoisotopic (exact) mass is 306 g/mol. The van der Waals surface area contributed by atoms with Crippen LogP contribution in [0.5, 0.6) is 0 Å². The average molecular weight is 307 g/mol. The lowest BCUT2D eigenvalue weighted by molar-refractivity contribution is 0.0953. The average Bonchev–Trinajstić information content (AvgIpc) is 2.33. The van der Waals surface area contributed by atoms with Crippen molar-refractivity contribution in [3.05, 3.63) is 22.8 Å². The third-order valence-corrected chi connectivity index (χ3v) is 3.54. The molecule has 7 nitrogen and oxygen atoms in total. The van der Waals surface area contributed by atoms with Gasteiger partial charge in [0.25, 0.3) is 5.91 Å². The predicted molar refractivity (Wildman–Crippen MR) is 73.7 cm³/mol. The summed E-state index contributed by atoms with van der Waals surface area (Å²) < 4.78 is 21.8. The summed E-state index contributed by atoms with van der Waals surface area (Å²) in [6.07, 6.45) is 2.83. The number of amides is 1. The molecule has 1 aromatic heterocycles. The van der Waals surface area contributed by atoms with Crippen molar-refractivity contribution in [1.29, 1.82) is 0 Å². The molecule has 0 atom stereocenters. The molecule has 106 valence electrons. The Bertz CT molecular complexity index is 562.